The van der Waals surface area contributed by atoms with Crippen molar-refractivity contribution in [3.8, 4) is 5.75 Å². The average Bonchev–Trinajstić information content (AvgIpc) is 2.43. The molecule has 0 saturated carbocycles. The molecule has 130 valence electrons. The molecule has 1 N–H and O–H groups in total. The minimum Gasteiger partial charge on any atom is -0.484 e. The van der Waals surface area contributed by atoms with Crippen LogP contribution in [0.1, 0.15) is 50.8 Å². The largest absolute Gasteiger partial charge is 0.484 e. The number of fused-ring (bicyclic) bond motifs is 1. The van der Waals surface area contributed by atoms with Gasteiger partial charge in [-0.3, -0.25) is 0 Å². The van der Waals surface area contributed by atoms with Crippen molar-refractivity contribution >= 4 is 11.0 Å². The van der Waals surface area contributed by atoms with Gasteiger partial charge >= 0.3 is 6.18 Å². The molecule has 3 nitrogen and oxygen atoms in total. The zero-order chi connectivity index (χ0) is 17.3. The van der Waals surface area contributed by atoms with Crippen molar-refractivity contribution in [1.82, 2.24) is 4.72 Å². The molecule has 1 aromatic carbocycles. The molecular formula is C16H22F3NO2S. The van der Waals surface area contributed by atoms with E-state index in [1.54, 1.807) is 12.1 Å². The molecule has 0 aromatic heterocycles. The first-order valence-corrected chi connectivity index (χ1v) is 8.72. The summed E-state index contributed by atoms with van der Waals surface area (Å²) in [5.74, 6) is 0.271. The van der Waals surface area contributed by atoms with Crippen LogP contribution in [0.4, 0.5) is 13.2 Å². The molecule has 0 aliphatic heterocycles. The fraction of sp³-hybridized carbons (Fsp3) is 0.625. The van der Waals surface area contributed by atoms with E-state index in [4.69, 9.17) is 4.74 Å². The molecular weight excluding hydrogens is 327 g/mol. The first kappa shape index (κ1) is 18.3. The molecule has 1 aromatic rings. The molecule has 7 heteroatoms. The Labute approximate surface area is 137 Å². The van der Waals surface area contributed by atoms with Crippen molar-refractivity contribution in [2.24, 2.45) is 0 Å². The lowest BCUT2D eigenvalue weighted by molar-refractivity contribution is -0.153. The number of hydrogen-bond acceptors (Lipinski definition) is 2. The van der Waals surface area contributed by atoms with E-state index >= 15 is 0 Å². The number of ether oxygens (including phenoxy) is 1. The lowest BCUT2D eigenvalue weighted by Gasteiger charge is -2.30. The summed E-state index contributed by atoms with van der Waals surface area (Å²) in [5.41, 5.74) is 1.67. The van der Waals surface area contributed by atoms with Gasteiger partial charge in [-0.05, 0) is 57.2 Å². The highest BCUT2D eigenvalue weighted by Crippen LogP contribution is 2.36. The van der Waals surface area contributed by atoms with E-state index in [0.29, 0.717) is 6.42 Å². The van der Waals surface area contributed by atoms with Gasteiger partial charge in [-0.2, -0.15) is 13.2 Å². The molecule has 0 bridgehead atoms. The summed E-state index contributed by atoms with van der Waals surface area (Å²) in [6.45, 7) is 4.34. The second kappa shape index (κ2) is 6.81. The standard InChI is InChI=1S/C16H22F3NO2S/c1-15(2,3)23(21)20-13-8-4-7-12-11(13)6-5-9-14(12)22-10-16(17,18)19/h5-6,9,13,20H,4,7-8,10H2,1-3H3/t13-,23+/m1/s1. The predicted molar refractivity (Wildman–Crippen MR) is 84.7 cm³/mol. The number of benzene rings is 1. The van der Waals surface area contributed by atoms with Gasteiger partial charge < -0.3 is 4.74 Å². The highest BCUT2D eigenvalue weighted by atomic mass is 32.2. The van der Waals surface area contributed by atoms with Crippen LogP contribution in [0.15, 0.2) is 18.2 Å². The van der Waals surface area contributed by atoms with Crippen LogP contribution in [-0.4, -0.2) is 21.7 Å². The molecule has 0 saturated heterocycles. The van der Waals surface area contributed by atoms with Gasteiger partial charge in [0, 0.05) is 6.04 Å². The van der Waals surface area contributed by atoms with Crippen LogP contribution in [-0.2, 0) is 17.4 Å². The predicted octanol–water partition coefficient (Wildman–Crippen LogP) is 4.06. The number of alkyl halides is 3. The van der Waals surface area contributed by atoms with E-state index < -0.39 is 28.5 Å². The van der Waals surface area contributed by atoms with Crippen molar-refractivity contribution in [3.05, 3.63) is 29.3 Å². The van der Waals surface area contributed by atoms with Gasteiger partial charge in [-0.1, -0.05) is 12.1 Å². The summed E-state index contributed by atoms with van der Waals surface area (Å²) in [4.78, 5) is 0. The Hall–Kier alpha value is -1.08. The maximum Gasteiger partial charge on any atom is 0.422 e. The van der Waals surface area contributed by atoms with Crippen molar-refractivity contribution in [3.63, 3.8) is 0 Å². The van der Waals surface area contributed by atoms with Gasteiger partial charge in [0.05, 0.1) is 15.7 Å². The fourth-order valence-corrected chi connectivity index (χ4v) is 3.40. The van der Waals surface area contributed by atoms with Crippen molar-refractivity contribution in [2.75, 3.05) is 6.61 Å². The number of rotatable bonds is 4. The second-order valence-corrected chi connectivity index (χ2v) is 8.67. The molecule has 0 spiro atoms. The Morgan fingerprint density at radius 2 is 2.00 bits per heavy atom. The molecule has 2 rings (SSSR count). The molecule has 0 unspecified atom stereocenters. The van der Waals surface area contributed by atoms with Crippen LogP contribution in [0, 0.1) is 0 Å². The molecule has 23 heavy (non-hydrogen) atoms. The van der Waals surface area contributed by atoms with Crippen LogP contribution in [0.25, 0.3) is 0 Å². The molecule has 1 aliphatic carbocycles. The molecule has 0 heterocycles. The second-order valence-electron chi connectivity index (χ2n) is 6.67. The summed E-state index contributed by atoms with van der Waals surface area (Å²) >= 11 is 0. The number of halogens is 3. The third-order valence-electron chi connectivity index (χ3n) is 3.66. The van der Waals surface area contributed by atoms with E-state index in [0.717, 1.165) is 24.0 Å². The molecule has 2 atom stereocenters. The van der Waals surface area contributed by atoms with E-state index in [2.05, 4.69) is 4.72 Å². The summed E-state index contributed by atoms with van der Waals surface area (Å²) in [5, 5.41) is 0. The normalized spacial score (nSPS) is 20.0. The average molecular weight is 349 g/mol. The Morgan fingerprint density at radius 3 is 2.61 bits per heavy atom. The minimum atomic E-state index is -4.36. The SMILES string of the molecule is CC(C)(C)[S@](=O)N[C@@H]1CCCc2c(OCC(F)(F)F)cccc21. The highest BCUT2D eigenvalue weighted by Gasteiger charge is 2.31. The van der Waals surface area contributed by atoms with Gasteiger partial charge in [0.15, 0.2) is 6.61 Å². The van der Waals surface area contributed by atoms with Crippen LogP contribution in [0.3, 0.4) is 0 Å². The number of hydrogen-bond donors (Lipinski definition) is 1. The molecule has 0 amide bonds. The van der Waals surface area contributed by atoms with E-state index in [1.807, 2.05) is 26.8 Å². The zero-order valence-corrected chi connectivity index (χ0v) is 14.3. The minimum absolute atomic E-state index is 0.131. The van der Waals surface area contributed by atoms with Crippen LogP contribution >= 0.6 is 0 Å². The van der Waals surface area contributed by atoms with E-state index in [-0.39, 0.29) is 11.8 Å². The Bertz CT molecular complexity index is 582. The Morgan fingerprint density at radius 1 is 1.30 bits per heavy atom. The van der Waals surface area contributed by atoms with E-state index in [1.165, 1.54) is 0 Å². The molecule has 0 radical (unpaired) electrons. The third kappa shape index (κ3) is 4.94. The maximum atomic E-state index is 12.4. The van der Waals surface area contributed by atoms with Gasteiger partial charge in [-0.25, -0.2) is 8.93 Å². The monoisotopic (exact) mass is 349 g/mol. The summed E-state index contributed by atoms with van der Waals surface area (Å²) in [7, 11) is -1.24. The van der Waals surface area contributed by atoms with Gasteiger partial charge in [0.2, 0.25) is 0 Å². The van der Waals surface area contributed by atoms with Crippen molar-refractivity contribution in [2.45, 2.75) is 57.0 Å². The van der Waals surface area contributed by atoms with Crippen LogP contribution in [0.5, 0.6) is 5.75 Å². The lowest BCUT2D eigenvalue weighted by Crippen LogP contribution is -2.37. The molecule has 0 fully saturated rings. The van der Waals surface area contributed by atoms with Gasteiger partial charge in [-0.15, -0.1) is 0 Å². The van der Waals surface area contributed by atoms with Crippen LogP contribution in [0.2, 0.25) is 0 Å². The fourth-order valence-electron chi connectivity index (χ4n) is 2.54. The van der Waals surface area contributed by atoms with Gasteiger partial charge in [0.25, 0.3) is 0 Å². The van der Waals surface area contributed by atoms with Crippen molar-refractivity contribution in [1.29, 1.82) is 0 Å². The van der Waals surface area contributed by atoms with Crippen LogP contribution < -0.4 is 9.46 Å². The van der Waals surface area contributed by atoms with E-state index in [9.17, 15) is 17.4 Å². The topological polar surface area (TPSA) is 38.3 Å². The zero-order valence-electron chi connectivity index (χ0n) is 13.5. The summed E-state index contributed by atoms with van der Waals surface area (Å²) in [6, 6.07) is 4.98. The smallest absolute Gasteiger partial charge is 0.422 e. The maximum absolute atomic E-state index is 12.4. The Kier molecular flexibility index (Phi) is 5.41. The summed E-state index contributed by atoms with van der Waals surface area (Å²) < 4.78 is 57.1. The first-order chi connectivity index (χ1) is 10.6. The molecule has 1 aliphatic rings. The lowest BCUT2D eigenvalue weighted by atomic mass is 9.87. The third-order valence-corrected chi connectivity index (χ3v) is 5.27. The number of nitrogens with one attached hydrogen (secondary N) is 1. The summed E-state index contributed by atoms with van der Waals surface area (Å²) in [6.07, 6.45) is -2.07. The Balaban J connectivity index is 2.21. The van der Waals surface area contributed by atoms with Crippen molar-refractivity contribution < 1.29 is 22.1 Å². The first-order valence-electron chi connectivity index (χ1n) is 7.57. The quantitative estimate of drug-likeness (QED) is 0.890. The highest BCUT2D eigenvalue weighted by molar-refractivity contribution is 7.84. The van der Waals surface area contributed by atoms with Gasteiger partial charge in [0.1, 0.15) is 5.75 Å².